The molecule has 1 fully saturated rings. The number of rotatable bonds is 1. The van der Waals surface area contributed by atoms with Gasteiger partial charge in [-0.2, -0.15) is 0 Å². The first-order valence-corrected chi connectivity index (χ1v) is 7.54. The van der Waals surface area contributed by atoms with Crippen molar-refractivity contribution in [1.82, 2.24) is 4.90 Å². The molecule has 2 aliphatic rings. The van der Waals surface area contributed by atoms with Crippen molar-refractivity contribution in [2.24, 2.45) is 0 Å². The van der Waals surface area contributed by atoms with Crippen LogP contribution in [0.3, 0.4) is 0 Å². The highest BCUT2D eigenvalue weighted by atomic mass is 35.5. The summed E-state index contributed by atoms with van der Waals surface area (Å²) in [6.07, 6.45) is 6.45. The first-order valence-electron chi connectivity index (χ1n) is 6.73. The molecule has 2 bridgehead atoms. The van der Waals surface area contributed by atoms with Crippen LogP contribution in [0.2, 0.25) is 0 Å². The first kappa shape index (κ1) is 13.2. The fourth-order valence-corrected chi connectivity index (χ4v) is 4.46. The second-order valence-corrected chi connectivity index (χ2v) is 6.59. The van der Waals surface area contributed by atoms with Crippen molar-refractivity contribution in [3.8, 4) is 0 Å². The Labute approximate surface area is 124 Å². The molecule has 3 heterocycles. The van der Waals surface area contributed by atoms with Gasteiger partial charge < -0.3 is 0 Å². The van der Waals surface area contributed by atoms with Gasteiger partial charge in [0.05, 0.1) is 0 Å². The Kier molecular flexibility index (Phi) is 3.42. The van der Waals surface area contributed by atoms with Crippen LogP contribution in [0.25, 0.3) is 15.7 Å². The van der Waals surface area contributed by atoms with Crippen molar-refractivity contribution in [3.05, 3.63) is 41.3 Å². The van der Waals surface area contributed by atoms with Crippen molar-refractivity contribution in [3.63, 3.8) is 0 Å². The van der Waals surface area contributed by atoms with Crippen LogP contribution in [-0.4, -0.2) is 24.0 Å². The van der Waals surface area contributed by atoms with Crippen molar-refractivity contribution >= 4 is 39.4 Å². The monoisotopic (exact) mass is 291 g/mol. The average Bonchev–Trinajstić information content (AvgIpc) is 2.87. The van der Waals surface area contributed by atoms with Crippen LogP contribution >= 0.6 is 23.7 Å². The Morgan fingerprint density at radius 1 is 1.21 bits per heavy atom. The Morgan fingerprint density at radius 3 is 2.84 bits per heavy atom. The molecule has 0 amide bonds. The summed E-state index contributed by atoms with van der Waals surface area (Å²) >= 11 is 1.95. The lowest BCUT2D eigenvalue weighted by molar-refractivity contribution is 0.264. The minimum Gasteiger partial charge on any atom is -0.297 e. The van der Waals surface area contributed by atoms with E-state index in [1.54, 1.807) is 5.57 Å². The second-order valence-electron chi connectivity index (χ2n) is 5.51. The van der Waals surface area contributed by atoms with Gasteiger partial charge in [-0.1, -0.05) is 24.3 Å². The predicted molar refractivity (Wildman–Crippen MR) is 86.2 cm³/mol. The number of thiophene rings is 1. The maximum atomic E-state index is 2.55. The third-order valence-electron chi connectivity index (χ3n) is 4.49. The molecule has 1 aromatic carbocycles. The van der Waals surface area contributed by atoms with Gasteiger partial charge in [-0.05, 0) is 49.4 Å². The van der Waals surface area contributed by atoms with E-state index in [9.17, 15) is 0 Å². The summed E-state index contributed by atoms with van der Waals surface area (Å²) in [5, 5.41) is 1.39. The third kappa shape index (κ3) is 2.12. The van der Waals surface area contributed by atoms with Crippen LogP contribution in [0.1, 0.15) is 24.1 Å². The Hall–Kier alpha value is -0.830. The molecule has 2 unspecified atom stereocenters. The number of hydrogen-bond donors (Lipinski definition) is 0. The Morgan fingerprint density at radius 2 is 2.05 bits per heavy atom. The normalized spacial score (nSPS) is 26.3. The van der Waals surface area contributed by atoms with Crippen LogP contribution < -0.4 is 0 Å². The quantitative estimate of drug-likeness (QED) is 0.744. The van der Waals surface area contributed by atoms with E-state index in [1.807, 2.05) is 11.3 Å². The van der Waals surface area contributed by atoms with Crippen molar-refractivity contribution in [1.29, 1.82) is 0 Å². The maximum absolute atomic E-state index is 2.55. The second kappa shape index (κ2) is 4.93. The van der Waals surface area contributed by atoms with Gasteiger partial charge in [0.15, 0.2) is 0 Å². The van der Waals surface area contributed by atoms with Crippen LogP contribution in [0.5, 0.6) is 0 Å². The van der Waals surface area contributed by atoms with Gasteiger partial charge in [0.25, 0.3) is 0 Å². The highest BCUT2D eigenvalue weighted by Crippen LogP contribution is 2.40. The summed E-state index contributed by atoms with van der Waals surface area (Å²) < 4.78 is 1.42. The van der Waals surface area contributed by atoms with Crippen LogP contribution in [0, 0.1) is 0 Å². The van der Waals surface area contributed by atoms with Crippen LogP contribution in [0.15, 0.2) is 36.4 Å². The zero-order valence-electron chi connectivity index (χ0n) is 11.0. The van der Waals surface area contributed by atoms with Crippen molar-refractivity contribution in [2.45, 2.75) is 31.3 Å². The van der Waals surface area contributed by atoms with Crippen molar-refractivity contribution < 1.29 is 0 Å². The molecular weight excluding hydrogens is 274 g/mol. The molecule has 4 rings (SSSR count). The molecule has 1 saturated heterocycles. The summed E-state index contributed by atoms with van der Waals surface area (Å²) in [6.45, 7) is 0. The lowest BCUT2D eigenvalue weighted by Crippen LogP contribution is -2.34. The Bertz CT molecular complexity index is 597. The fourth-order valence-electron chi connectivity index (χ4n) is 3.37. The molecule has 0 N–H and O–H groups in total. The number of benzene rings is 1. The van der Waals surface area contributed by atoms with Gasteiger partial charge in [-0.25, -0.2) is 0 Å². The smallest absolute Gasteiger partial charge is 0.0349 e. The van der Waals surface area contributed by atoms with E-state index in [-0.39, 0.29) is 12.4 Å². The summed E-state index contributed by atoms with van der Waals surface area (Å²) in [5.74, 6) is 0. The molecule has 2 atom stereocenters. The summed E-state index contributed by atoms with van der Waals surface area (Å²) in [5.41, 5.74) is 1.59. The number of halogens is 1. The largest absolute Gasteiger partial charge is 0.297 e. The summed E-state index contributed by atoms with van der Waals surface area (Å²) in [7, 11) is 2.28. The average molecular weight is 292 g/mol. The standard InChI is InChI=1S/C16H17NS.ClH/c1-17-13-6-7-14(17)9-12(8-13)16-10-11-4-2-3-5-15(11)18-16;/h2-5,8,10,13-14H,6-7,9H2,1H3;1H. The van der Waals surface area contributed by atoms with Gasteiger partial charge in [0.1, 0.15) is 0 Å². The molecular formula is C16H18ClNS. The van der Waals surface area contributed by atoms with Crippen LogP contribution in [-0.2, 0) is 0 Å². The highest BCUT2D eigenvalue weighted by molar-refractivity contribution is 7.20. The van der Waals surface area contributed by atoms with E-state index >= 15 is 0 Å². The van der Waals surface area contributed by atoms with Crippen molar-refractivity contribution in [2.75, 3.05) is 7.05 Å². The molecule has 2 aliphatic heterocycles. The topological polar surface area (TPSA) is 3.24 Å². The molecule has 19 heavy (non-hydrogen) atoms. The summed E-state index contributed by atoms with van der Waals surface area (Å²) in [6, 6.07) is 12.6. The van der Waals surface area contributed by atoms with Gasteiger partial charge in [0, 0.05) is 21.7 Å². The van der Waals surface area contributed by atoms with Crippen LogP contribution in [0.4, 0.5) is 0 Å². The minimum absolute atomic E-state index is 0. The zero-order chi connectivity index (χ0) is 12.1. The highest BCUT2D eigenvalue weighted by Gasteiger charge is 2.34. The lowest BCUT2D eigenvalue weighted by Gasteiger charge is -2.29. The summed E-state index contributed by atoms with van der Waals surface area (Å²) in [4.78, 5) is 4.04. The SMILES string of the molecule is CN1C2C=C(c3cc4ccccc4s3)CC1CC2.Cl. The van der Waals surface area contributed by atoms with Gasteiger partial charge in [-0.15, -0.1) is 23.7 Å². The molecule has 1 nitrogen and oxygen atoms in total. The van der Waals surface area contributed by atoms with E-state index in [0.717, 1.165) is 6.04 Å². The number of likely N-dealkylation sites (N-methyl/N-ethyl adjacent to an activating group) is 1. The molecule has 0 spiro atoms. The number of nitrogens with zero attached hydrogens (tertiary/aromatic N) is 1. The van der Waals surface area contributed by atoms with E-state index in [0.29, 0.717) is 6.04 Å². The first-order chi connectivity index (χ1) is 8.81. The zero-order valence-corrected chi connectivity index (χ0v) is 12.6. The van der Waals surface area contributed by atoms with E-state index < -0.39 is 0 Å². The van der Waals surface area contributed by atoms with E-state index in [2.05, 4.69) is 48.4 Å². The molecule has 0 saturated carbocycles. The van der Waals surface area contributed by atoms with E-state index in [1.165, 1.54) is 34.2 Å². The molecule has 2 aromatic rings. The maximum Gasteiger partial charge on any atom is 0.0349 e. The molecule has 3 heteroatoms. The molecule has 1 aromatic heterocycles. The third-order valence-corrected chi connectivity index (χ3v) is 5.68. The molecule has 0 aliphatic carbocycles. The van der Waals surface area contributed by atoms with Gasteiger partial charge in [-0.3, -0.25) is 4.90 Å². The van der Waals surface area contributed by atoms with E-state index in [4.69, 9.17) is 0 Å². The predicted octanol–water partition coefficient (Wildman–Crippen LogP) is 4.57. The molecule has 0 radical (unpaired) electrons. The molecule has 100 valence electrons. The number of hydrogen-bond acceptors (Lipinski definition) is 2. The number of fused-ring (bicyclic) bond motifs is 3. The lowest BCUT2D eigenvalue weighted by atomic mass is 10.0. The Balaban J connectivity index is 0.00000110. The fraction of sp³-hybridized carbons (Fsp3) is 0.375. The van der Waals surface area contributed by atoms with Gasteiger partial charge >= 0.3 is 0 Å². The van der Waals surface area contributed by atoms with Gasteiger partial charge in [0.2, 0.25) is 0 Å². The minimum atomic E-state index is 0.